The van der Waals surface area contributed by atoms with Crippen molar-refractivity contribution in [2.75, 3.05) is 17.3 Å². The molecule has 6 aromatic carbocycles. The maximum atomic E-state index is 12.9. The number of carbonyl (C=O) groups is 6. The minimum absolute atomic E-state index is 0.0884. The number of aliphatic carboxylic acids is 1. The van der Waals surface area contributed by atoms with Crippen molar-refractivity contribution in [2.45, 2.75) is 73.9 Å². The van der Waals surface area contributed by atoms with Crippen molar-refractivity contribution in [1.82, 2.24) is 10.6 Å². The fraction of sp³-hybridized carbons (Fsp3) is 0.263. The van der Waals surface area contributed by atoms with E-state index in [9.17, 15) is 33.0 Å². The van der Waals surface area contributed by atoms with Crippen LogP contribution in [0.4, 0.5) is 0 Å². The summed E-state index contributed by atoms with van der Waals surface area (Å²) in [6, 6.07) is 47.6. The molecule has 0 saturated heterocycles. The van der Waals surface area contributed by atoms with E-state index < -0.39 is 52.6 Å². The number of nitrogens with two attached hydrogens (primary N) is 4. The molecule has 0 bridgehead atoms. The summed E-state index contributed by atoms with van der Waals surface area (Å²) in [5.41, 5.74) is 34.5. The number of thioether (sulfide) groups is 2. The maximum Gasteiger partial charge on any atom is 0.304 e. The molecule has 0 aromatic heterocycles. The van der Waals surface area contributed by atoms with Gasteiger partial charge >= 0.3 is 5.97 Å². The first-order valence-corrected chi connectivity index (χ1v) is 27.5. The molecule has 4 atom stereocenters. The summed E-state index contributed by atoms with van der Waals surface area (Å²) >= 11 is 3.47. The third kappa shape index (κ3) is 14.4. The van der Waals surface area contributed by atoms with E-state index in [4.69, 9.17) is 22.3 Å². The van der Waals surface area contributed by atoms with E-state index in [2.05, 4.69) is 113 Å². The Kier molecular flexibility index (Phi) is 20.3. The highest BCUT2D eigenvalue weighted by atomic mass is 32.2. The number of hydrogen-bond acceptors (Lipinski definition) is 10. The predicted octanol–water partition coefficient (Wildman–Crippen LogP) is 7.54. The van der Waals surface area contributed by atoms with Crippen LogP contribution in [0, 0.1) is 0 Å². The topological polar surface area (TPSA) is 268 Å². The predicted molar refractivity (Wildman–Crippen MR) is 297 cm³/mol. The van der Waals surface area contributed by atoms with Crippen molar-refractivity contribution >= 4 is 69.8 Å². The van der Waals surface area contributed by atoms with Gasteiger partial charge in [-0.1, -0.05) is 146 Å². The fourth-order valence-electron chi connectivity index (χ4n) is 8.58. The molecule has 3 aliphatic carbocycles. The highest BCUT2D eigenvalue weighted by Crippen LogP contribution is 2.51. The third-order valence-electron chi connectivity index (χ3n) is 12.4. The number of carbonyl (C=O) groups excluding carboxylic acids is 5. The minimum Gasteiger partial charge on any atom is -0.481 e. The molecule has 386 valence electrons. The quantitative estimate of drug-likeness (QED) is 0.0469. The Morgan fingerprint density at radius 2 is 0.770 bits per heavy atom. The maximum absolute atomic E-state index is 12.9. The number of benzene rings is 6. The molecule has 6 aromatic rings. The molecular formula is C57H62N6O8S3. The van der Waals surface area contributed by atoms with Crippen LogP contribution in [-0.4, -0.2) is 80.2 Å². The standard InChI is InChI=1S/C19H20N2O3S.C19H20N2O2S.C16H14O2S.C3H8N2O/c1-12(19(20)23)21-17(22)10-11-25(24)18-15-8-4-2-6-13(15)14-7-3-5-9-16(14)18;1-12(19(20)23)21-17(22)10-11-24-18-15-8-4-2-6-13(15)14-7-3-5-9-16(14)18;17-15(18)9-10-19-16-13-7-3-1-5-11(13)12-6-2-4-8-14(12)16;1-2(4)3(5)6/h2-9,12,18H,10-11H2,1H3,(H2,20,23)(H,21,22);2-9,12,18H,10-11H2,1H3,(H2,20,23)(H,21,22);1-8,16H,9-10H2,(H,17,18);2H,4H2,1H3,(H2,5,6)/t12-,25?;12-;;2-/m11.0/s1. The van der Waals surface area contributed by atoms with Crippen LogP contribution in [0.25, 0.3) is 33.4 Å². The molecule has 0 fully saturated rings. The fourth-order valence-corrected chi connectivity index (χ4v) is 12.8. The lowest BCUT2D eigenvalue weighted by atomic mass is 10.1. The van der Waals surface area contributed by atoms with Crippen molar-refractivity contribution < 1.29 is 38.1 Å². The van der Waals surface area contributed by atoms with Crippen molar-refractivity contribution in [3.63, 3.8) is 0 Å². The van der Waals surface area contributed by atoms with Gasteiger partial charge in [0.15, 0.2) is 0 Å². The number of amides is 5. The average molecular weight is 1060 g/mol. The van der Waals surface area contributed by atoms with Crippen LogP contribution in [0.3, 0.4) is 0 Å². The van der Waals surface area contributed by atoms with Gasteiger partial charge in [-0.15, -0.1) is 23.5 Å². The lowest BCUT2D eigenvalue weighted by Crippen LogP contribution is -2.42. The monoisotopic (exact) mass is 1050 g/mol. The molecule has 9 rings (SSSR count). The Morgan fingerprint density at radius 3 is 1.08 bits per heavy atom. The molecule has 74 heavy (non-hydrogen) atoms. The minimum atomic E-state index is -1.24. The smallest absolute Gasteiger partial charge is 0.304 e. The van der Waals surface area contributed by atoms with Gasteiger partial charge in [0.25, 0.3) is 0 Å². The highest BCUT2D eigenvalue weighted by Gasteiger charge is 2.33. The van der Waals surface area contributed by atoms with Crippen LogP contribution >= 0.6 is 23.5 Å². The zero-order chi connectivity index (χ0) is 53.5. The number of rotatable bonds is 17. The van der Waals surface area contributed by atoms with Crippen molar-refractivity contribution in [3.8, 4) is 33.4 Å². The molecule has 3 aliphatic rings. The summed E-state index contributed by atoms with van der Waals surface area (Å²) in [5, 5.41) is 14.2. The third-order valence-corrected chi connectivity index (χ3v) is 16.6. The summed E-state index contributed by atoms with van der Waals surface area (Å²) in [4.78, 5) is 66.3. The van der Waals surface area contributed by atoms with E-state index in [0.717, 1.165) is 22.3 Å². The number of hydrogen-bond donors (Lipinski definition) is 7. The highest BCUT2D eigenvalue weighted by molar-refractivity contribution is 8.00. The second-order valence-corrected chi connectivity index (χ2v) is 21.8. The average Bonchev–Trinajstić information content (AvgIpc) is 4.02. The van der Waals surface area contributed by atoms with Crippen molar-refractivity contribution in [3.05, 3.63) is 179 Å². The van der Waals surface area contributed by atoms with Gasteiger partial charge in [0, 0.05) is 40.9 Å². The van der Waals surface area contributed by atoms with E-state index in [1.807, 2.05) is 48.5 Å². The van der Waals surface area contributed by atoms with Gasteiger partial charge in [-0.05, 0) is 87.5 Å². The number of nitrogens with one attached hydrogen (secondary N) is 2. The lowest BCUT2D eigenvalue weighted by Gasteiger charge is -2.14. The van der Waals surface area contributed by atoms with E-state index in [-0.39, 0.29) is 46.2 Å². The van der Waals surface area contributed by atoms with Crippen LogP contribution in [0.1, 0.15) is 89.2 Å². The molecule has 14 nitrogen and oxygen atoms in total. The summed E-state index contributed by atoms with van der Waals surface area (Å²) < 4.78 is 12.9. The number of fused-ring (bicyclic) bond motifs is 9. The van der Waals surface area contributed by atoms with Gasteiger partial charge in [0.1, 0.15) is 12.1 Å². The van der Waals surface area contributed by atoms with Gasteiger partial charge in [-0.2, -0.15) is 0 Å². The van der Waals surface area contributed by atoms with Gasteiger partial charge in [0.05, 0.1) is 28.2 Å². The second kappa shape index (κ2) is 26.8. The van der Waals surface area contributed by atoms with Crippen molar-refractivity contribution in [2.24, 2.45) is 22.9 Å². The van der Waals surface area contributed by atoms with Crippen LogP contribution < -0.4 is 33.6 Å². The Morgan fingerprint density at radius 1 is 0.486 bits per heavy atom. The Balaban J connectivity index is 0.000000172. The SMILES string of the molecule is C[C@@H](NC(=O)CCS(=O)C1c2ccccc2-c2ccccc21)C(N)=O.C[C@@H](NC(=O)CCSC1c2ccccc2-c2ccccc21)C(N)=O.C[C@H](N)C(N)=O.O=C(O)CCSC1c2ccccc2-c2ccccc21. The molecule has 0 spiro atoms. The Bertz CT molecular complexity index is 2890. The van der Waals surface area contributed by atoms with Gasteiger partial charge in [0.2, 0.25) is 29.5 Å². The van der Waals surface area contributed by atoms with E-state index in [0.29, 0.717) is 17.9 Å². The summed E-state index contributed by atoms with van der Waals surface area (Å²) in [6.45, 7) is 4.67. The van der Waals surface area contributed by atoms with Crippen LogP contribution in [0.2, 0.25) is 0 Å². The number of carboxylic acid groups (broad SMARTS) is 1. The first-order chi connectivity index (χ1) is 35.5. The molecule has 17 heteroatoms. The summed E-state index contributed by atoms with van der Waals surface area (Å²) in [6.07, 6.45) is 0.666. The largest absolute Gasteiger partial charge is 0.481 e. The molecule has 1 unspecified atom stereocenters. The van der Waals surface area contributed by atoms with E-state index >= 15 is 0 Å². The summed E-state index contributed by atoms with van der Waals surface area (Å²) in [7, 11) is -1.24. The normalized spacial score (nSPS) is 14.1. The van der Waals surface area contributed by atoms with E-state index in [1.54, 1.807) is 37.4 Å². The zero-order valence-electron chi connectivity index (χ0n) is 41.4. The lowest BCUT2D eigenvalue weighted by molar-refractivity contribution is -0.136. The molecule has 11 N–H and O–H groups in total. The Hall–Kier alpha value is -7.05. The molecule has 5 amide bonds. The van der Waals surface area contributed by atoms with Crippen LogP contribution in [-0.2, 0) is 39.6 Å². The van der Waals surface area contributed by atoms with Crippen LogP contribution in [0.15, 0.2) is 146 Å². The Labute approximate surface area is 442 Å². The van der Waals surface area contributed by atoms with Crippen LogP contribution in [0.5, 0.6) is 0 Å². The molecule has 0 heterocycles. The molecule has 0 radical (unpaired) electrons. The molecule has 0 saturated carbocycles. The molecular weight excluding hydrogens is 993 g/mol. The number of primary amides is 3. The van der Waals surface area contributed by atoms with Crippen molar-refractivity contribution in [1.29, 1.82) is 0 Å². The summed E-state index contributed by atoms with van der Waals surface area (Å²) in [5.74, 6) is -1.21. The first-order valence-electron chi connectivity index (χ1n) is 24.1. The number of carboxylic acids is 1. The first kappa shape index (κ1) is 56.2. The second-order valence-electron chi connectivity index (χ2n) is 17.7. The van der Waals surface area contributed by atoms with Gasteiger partial charge in [-0.25, -0.2) is 0 Å². The van der Waals surface area contributed by atoms with Gasteiger partial charge in [-0.3, -0.25) is 33.0 Å². The molecule has 0 aliphatic heterocycles. The van der Waals surface area contributed by atoms with E-state index in [1.165, 1.54) is 51.4 Å². The van der Waals surface area contributed by atoms with Gasteiger partial charge < -0.3 is 38.7 Å². The zero-order valence-corrected chi connectivity index (χ0v) is 43.9.